The van der Waals surface area contributed by atoms with Gasteiger partial charge >= 0.3 is 5.97 Å². The van der Waals surface area contributed by atoms with E-state index in [-0.39, 0.29) is 19.2 Å². The maximum Gasteiger partial charge on any atom is 0.326 e. The molecule has 88 valence electrons. The molecular weight excluding hydrogens is 222 g/mol. The molecule has 5 heteroatoms. The summed E-state index contributed by atoms with van der Waals surface area (Å²) in [6.45, 7) is 0.513. The lowest BCUT2D eigenvalue weighted by atomic mass is 9.86. The zero-order chi connectivity index (χ0) is 11.9. The summed E-state index contributed by atoms with van der Waals surface area (Å²) < 4.78 is 15.5. The maximum absolute atomic E-state index is 11.8. The van der Waals surface area contributed by atoms with Crippen molar-refractivity contribution in [1.29, 1.82) is 0 Å². The molecule has 3 rings (SSSR count). The van der Waals surface area contributed by atoms with Crippen LogP contribution in [-0.4, -0.2) is 31.3 Å². The molecule has 0 radical (unpaired) electrons. The molecule has 1 saturated heterocycles. The van der Waals surface area contributed by atoms with Gasteiger partial charge in [0.2, 0.25) is 5.89 Å². The Balaban J connectivity index is 2.10. The van der Waals surface area contributed by atoms with Crippen LogP contribution >= 0.6 is 0 Å². The number of methoxy groups -OCH3 is 1. The van der Waals surface area contributed by atoms with Crippen molar-refractivity contribution in [3.63, 3.8) is 0 Å². The second-order valence-electron chi connectivity index (χ2n) is 4.05. The first-order chi connectivity index (χ1) is 8.26. The summed E-state index contributed by atoms with van der Waals surface area (Å²) in [6, 6.07) is 7.39. The zero-order valence-electron chi connectivity index (χ0n) is 9.30. The van der Waals surface area contributed by atoms with Crippen LogP contribution in [0.15, 0.2) is 28.7 Å². The van der Waals surface area contributed by atoms with Crippen molar-refractivity contribution in [3.8, 4) is 0 Å². The lowest BCUT2D eigenvalue weighted by molar-refractivity contribution is -0.169. The van der Waals surface area contributed by atoms with Gasteiger partial charge in [0, 0.05) is 0 Å². The molecule has 0 amide bonds. The molecule has 17 heavy (non-hydrogen) atoms. The number of hydrogen-bond donors (Lipinski definition) is 0. The molecule has 0 saturated carbocycles. The summed E-state index contributed by atoms with van der Waals surface area (Å²) in [5, 5.41) is 0. The molecule has 0 spiro atoms. The van der Waals surface area contributed by atoms with Gasteiger partial charge < -0.3 is 13.9 Å². The van der Waals surface area contributed by atoms with Crippen molar-refractivity contribution in [1.82, 2.24) is 4.98 Å². The minimum atomic E-state index is -0.867. The summed E-state index contributed by atoms with van der Waals surface area (Å²) in [5.41, 5.74) is 0.531. The summed E-state index contributed by atoms with van der Waals surface area (Å²) >= 11 is 0. The molecular formula is C12H11NO4. The van der Waals surface area contributed by atoms with Crippen LogP contribution in [0.4, 0.5) is 0 Å². The fourth-order valence-corrected chi connectivity index (χ4v) is 1.91. The van der Waals surface area contributed by atoms with E-state index < -0.39 is 5.41 Å². The maximum atomic E-state index is 11.8. The number of nitrogens with zero attached hydrogens (tertiary/aromatic N) is 1. The molecule has 1 aromatic heterocycles. The quantitative estimate of drug-likeness (QED) is 0.731. The van der Waals surface area contributed by atoms with E-state index in [2.05, 4.69) is 4.98 Å². The molecule has 1 aliphatic rings. The predicted octanol–water partition coefficient (Wildman–Crippen LogP) is 1.27. The Morgan fingerprint density at radius 3 is 2.76 bits per heavy atom. The van der Waals surface area contributed by atoms with E-state index in [0.717, 1.165) is 5.52 Å². The second kappa shape index (κ2) is 3.56. The van der Waals surface area contributed by atoms with Crippen LogP contribution in [0, 0.1) is 0 Å². The van der Waals surface area contributed by atoms with Gasteiger partial charge in [0.15, 0.2) is 11.0 Å². The molecule has 0 aliphatic carbocycles. The number of fused-ring (bicyclic) bond motifs is 1. The first-order valence-electron chi connectivity index (χ1n) is 5.28. The van der Waals surface area contributed by atoms with Crippen molar-refractivity contribution in [2.75, 3.05) is 20.3 Å². The van der Waals surface area contributed by atoms with Gasteiger partial charge in [0.1, 0.15) is 5.52 Å². The van der Waals surface area contributed by atoms with E-state index in [1.807, 2.05) is 24.3 Å². The number of rotatable bonds is 2. The molecule has 0 N–H and O–H groups in total. The van der Waals surface area contributed by atoms with Gasteiger partial charge in [-0.25, -0.2) is 4.98 Å². The second-order valence-corrected chi connectivity index (χ2v) is 4.05. The van der Waals surface area contributed by atoms with Gasteiger partial charge in [-0.2, -0.15) is 0 Å². The van der Waals surface area contributed by atoms with E-state index >= 15 is 0 Å². The van der Waals surface area contributed by atoms with Crippen molar-refractivity contribution in [3.05, 3.63) is 30.2 Å². The summed E-state index contributed by atoms with van der Waals surface area (Å²) in [5.74, 6) is 0.00658. The fraction of sp³-hybridized carbons (Fsp3) is 0.333. The van der Waals surface area contributed by atoms with Crippen LogP contribution in [0.5, 0.6) is 0 Å². The lowest BCUT2D eigenvalue weighted by Gasteiger charge is -2.35. The van der Waals surface area contributed by atoms with Crippen LogP contribution in [0.2, 0.25) is 0 Å². The third kappa shape index (κ3) is 1.36. The van der Waals surface area contributed by atoms with Gasteiger partial charge in [-0.1, -0.05) is 12.1 Å². The highest BCUT2D eigenvalue weighted by Gasteiger charge is 2.53. The van der Waals surface area contributed by atoms with Crippen LogP contribution in [-0.2, 0) is 19.7 Å². The Morgan fingerprint density at radius 2 is 2.18 bits per heavy atom. The topological polar surface area (TPSA) is 61.6 Å². The van der Waals surface area contributed by atoms with E-state index in [1.165, 1.54) is 7.11 Å². The summed E-state index contributed by atoms with van der Waals surface area (Å²) in [6.07, 6.45) is 0. The standard InChI is InChI=1S/C12H11NO4/c1-15-11(14)12(6-16-7-12)10-13-8-4-2-3-5-9(8)17-10/h2-5H,6-7H2,1H3. The number of para-hydroxylation sites is 2. The van der Waals surface area contributed by atoms with Gasteiger partial charge in [0.05, 0.1) is 20.3 Å². The number of esters is 1. The Morgan fingerprint density at radius 1 is 1.41 bits per heavy atom. The Labute approximate surface area is 97.3 Å². The van der Waals surface area contributed by atoms with E-state index in [9.17, 15) is 4.79 Å². The normalized spacial score (nSPS) is 17.7. The van der Waals surface area contributed by atoms with Crippen molar-refractivity contribution >= 4 is 17.1 Å². The highest BCUT2D eigenvalue weighted by atomic mass is 16.5. The van der Waals surface area contributed by atoms with Gasteiger partial charge in [-0.15, -0.1) is 0 Å². The highest BCUT2D eigenvalue weighted by Crippen LogP contribution is 2.34. The molecule has 2 heterocycles. The number of benzene rings is 1. The predicted molar refractivity (Wildman–Crippen MR) is 58.5 cm³/mol. The fourth-order valence-electron chi connectivity index (χ4n) is 1.91. The number of carbonyl (C=O) groups excluding carboxylic acids is 1. The molecule has 1 aromatic carbocycles. The molecule has 0 atom stereocenters. The van der Waals surface area contributed by atoms with Gasteiger partial charge in [-0.05, 0) is 12.1 Å². The zero-order valence-corrected chi connectivity index (χ0v) is 9.30. The van der Waals surface area contributed by atoms with Crippen LogP contribution < -0.4 is 0 Å². The van der Waals surface area contributed by atoms with E-state index in [0.29, 0.717) is 11.5 Å². The Hall–Kier alpha value is -1.88. The summed E-state index contributed by atoms with van der Waals surface area (Å²) in [4.78, 5) is 16.1. The third-order valence-electron chi connectivity index (χ3n) is 2.98. The largest absolute Gasteiger partial charge is 0.468 e. The van der Waals surface area contributed by atoms with Crippen molar-refractivity contribution in [2.24, 2.45) is 0 Å². The van der Waals surface area contributed by atoms with E-state index in [1.54, 1.807) is 0 Å². The SMILES string of the molecule is COC(=O)C1(c2nc3ccccc3o2)COC1. The van der Waals surface area contributed by atoms with Crippen LogP contribution in [0.3, 0.4) is 0 Å². The average molecular weight is 233 g/mol. The first-order valence-corrected chi connectivity index (χ1v) is 5.28. The monoisotopic (exact) mass is 233 g/mol. The van der Waals surface area contributed by atoms with Gasteiger partial charge in [0.25, 0.3) is 0 Å². The molecule has 0 bridgehead atoms. The van der Waals surface area contributed by atoms with Crippen molar-refractivity contribution in [2.45, 2.75) is 5.41 Å². The van der Waals surface area contributed by atoms with Gasteiger partial charge in [-0.3, -0.25) is 4.79 Å². The number of carbonyl (C=O) groups is 1. The molecule has 0 unspecified atom stereocenters. The highest BCUT2D eigenvalue weighted by molar-refractivity contribution is 5.84. The number of hydrogen-bond acceptors (Lipinski definition) is 5. The van der Waals surface area contributed by atoms with Crippen LogP contribution in [0.25, 0.3) is 11.1 Å². The Bertz CT molecular complexity index is 538. The smallest absolute Gasteiger partial charge is 0.326 e. The first kappa shape index (κ1) is 10.3. The minimum absolute atomic E-state index is 0.256. The summed E-state index contributed by atoms with van der Waals surface area (Å²) in [7, 11) is 1.35. The lowest BCUT2D eigenvalue weighted by Crippen LogP contribution is -2.53. The molecule has 5 nitrogen and oxygen atoms in total. The average Bonchev–Trinajstić information content (AvgIpc) is 2.70. The molecule has 1 fully saturated rings. The van der Waals surface area contributed by atoms with Crippen LogP contribution in [0.1, 0.15) is 5.89 Å². The number of ether oxygens (including phenoxy) is 2. The minimum Gasteiger partial charge on any atom is -0.468 e. The third-order valence-corrected chi connectivity index (χ3v) is 2.98. The van der Waals surface area contributed by atoms with E-state index in [4.69, 9.17) is 13.9 Å². The molecule has 2 aromatic rings. The number of aromatic nitrogens is 1. The van der Waals surface area contributed by atoms with Crippen molar-refractivity contribution < 1.29 is 18.7 Å². The number of oxazole rings is 1. The Kier molecular flexibility index (Phi) is 2.16. The molecule has 1 aliphatic heterocycles.